The van der Waals surface area contributed by atoms with Gasteiger partial charge in [0.15, 0.2) is 5.92 Å². The minimum absolute atomic E-state index is 0.210. The minimum Gasteiger partial charge on any atom is -0.494 e. The van der Waals surface area contributed by atoms with Crippen LogP contribution in [0.4, 0.5) is 5.95 Å². The number of ether oxygens (including phenoxy) is 2. The fourth-order valence-electron chi connectivity index (χ4n) is 4.62. The molecule has 1 aliphatic rings. The van der Waals surface area contributed by atoms with Crippen molar-refractivity contribution < 1.29 is 19.1 Å². The zero-order chi connectivity index (χ0) is 25.8. The van der Waals surface area contributed by atoms with E-state index in [9.17, 15) is 9.59 Å². The third-order valence-electron chi connectivity index (χ3n) is 6.60. The first-order chi connectivity index (χ1) is 17.3. The van der Waals surface area contributed by atoms with E-state index in [-0.39, 0.29) is 12.5 Å². The molecule has 0 saturated carbocycles. The minimum atomic E-state index is -1.00. The lowest BCUT2D eigenvalue weighted by Gasteiger charge is -2.38. The molecule has 7 heteroatoms. The molecule has 0 spiro atoms. The highest BCUT2D eigenvalue weighted by Crippen LogP contribution is 2.41. The molecule has 0 unspecified atom stereocenters. The zero-order valence-electron chi connectivity index (χ0n) is 21.9. The van der Waals surface area contributed by atoms with E-state index in [1.807, 2.05) is 53.1 Å². The summed E-state index contributed by atoms with van der Waals surface area (Å²) >= 11 is 0. The number of imidazole rings is 1. The summed E-state index contributed by atoms with van der Waals surface area (Å²) in [6.45, 7) is 11.7. The van der Waals surface area contributed by atoms with Crippen LogP contribution in [0.25, 0.3) is 11.0 Å². The van der Waals surface area contributed by atoms with Gasteiger partial charge < -0.3 is 14.0 Å². The van der Waals surface area contributed by atoms with Crippen molar-refractivity contribution in [2.45, 2.75) is 53.5 Å². The summed E-state index contributed by atoms with van der Waals surface area (Å²) in [6.07, 6.45) is 1.78. The highest BCUT2D eigenvalue weighted by Gasteiger charge is 2.47. The van der Waals surface area contributed by atoms with E-state index in [0.29, 0.717) is 30.9 Å². The van der Waals surface area contributed by atoms with Crippen molar-refractivity contribution in [2.75, 3.05) is 24.7 Å². The maximum atomic E-state index is 13.9. The van der Waals surface area contributed by atoms with Gasteiger partial charge in [0, 0.05) is 6.54 Å². The van der Waals surface area contributed by atoms with Crippen LogP contribution in [0.3, 0.4) is 0 Å². The summed E-state index contributed by atoms with van der Waals surface area (Å²) in [7, 11) is 0. The molecule has 0 N–H and O–H groups in total. The second kappa shape index (κ2) is 11.1. The van der Waals surface area contributed by atoms with Crippen LogP contribution in [0.15, 0.2) is 48.5 Å². The fraction of sp³-hybridized carbons (Fsp3) is 0.483. The molecule has 7 nitrogen and oxygen atoms in total. The van der Waals surface area contributed by atoms with Crippen molar-refractivity contribution in [3.8, 4) is 5.75 Å². The lowest BCUT2D eigenvalue weighted by atomic mass is 9.89. The van der Waals surface area contributed by atoms with E-state index >= 15 is 0 Å². The van der Waals surface area contributed by atoms with Crippen LogP contribution in [0.5, 0.6) is 5.75 Å². The summed E-state index contributed by atoms with van der Waals surface area (Å²) in [4.78, 5) is 33.7. The lowest BCUT2D eigenvalue weighted by Crippen LogP contribution is -2.50. The number of fused-ring (bicyclic) bond motifs is 3. The van der Waals surface area contributed by atoms with Crippen LogP contribution in [0.1, 0.15) is 59.1 Å². The van der Waals surface area contributed by atoms with Crippen LogP contribution >= 0.6 is 0 Å². The summed E-state index contributed by atoms with van der Waals surface area (Å²) in [6, 6.07) is 14.9. The summed E-state index contributed by atoms with van der Waals surface area (Å²) in [5, 5.41) is 0. The van der Waals surface area contributed by atoms with Gasteiger partial charge in [-0.05, 0) is 61.4 Å². The molecule has 1 aromatic heterocycles. The van der Waals surface area contributed by atoms with Gasteiger partial charge in [-0.3, -0.25) is 14.5 Å². The van der Waals surface area contributed by atoms with Crippen molar-refractivity contribution in [1.82, 2.24) is 9.55 Å². The Kier molecular flexibility index (Phi) is 7.97. The molecule has 0 fully saturated rings. The molecule has 3 aromatic rings. The Morgan fingerprint density at radius 1 is 1.00 bits per heavy atom. The van der Waals surface area contributed by atoms with Gasteiger partial charge in [-0.2, -0.15) is 0 Å². The van der Waals surface area contributed by atoms with Gasteiger partial charge in [-0.25, -0.2) is 4.98 Å². The zero-order valence-corrected chi connectivity index (χ0v) is 21.9. The van der Waals surface area contributed by atoms with E-state index in [1.165, 1.54) is 0 Å². The molecule has 192 valence electrons. The number of nitrogens with zero attached hydrogens (tertiary/aromatic N) is 3. The predicted molar refractivity (Wildman–Crippen MR) is 141 cm³/mol. The maximum absolute atomic E-state index is 13.9. The first-order valence-electron chi connectivity index (χ1n) is 13.0. The molecular formula is C29H37N3O4. The number of esters is 1. The number of benzene rings is 2. The SMILES string of the molecule is CCOC(=O)[C@@H]1C(=O)N(CCC(C)C)c2nc3ccccc3n2[C@H]1c1ccc(OCCC(C)C)cc1. The van der Waals surface area contributed by atoms with E-state index in [1.54, 1.807) is 11.8 Å². The molecule has 4 rings (SSSR count). The predicted octanol–water partition coefficient (Wildman–Crippen LogP) is 5.62. The number of carbonyl (C=O) groups excluding carboxylic acids is 2. The third kappa shape index (κ3) is 5.25. The van der Waals surface area contributed by atoms with Crippen LogP contribution in [-0.4, -0.2) is 41.2 Å². The smallest absolute Gasteiger partial charge is 0.321 e. The van der Waals surface area contributed by atoms with Gasteiger partial charge in [-0.15, -0.1) is 0 Å². The molecular weight excluding hydrogens is 454 g/mol. The number of aromatic nitrogens is 2. The fourth-order valence-corrected chi connectivity index (χ4v) is 4.62. The Labute approximate surface area is 213 Å². The molecule has 2 aromatic carbocycles. The Morgan fingerprint density at radius 2 is 1.69 bits per heavy atom. The highest BCUT2D eigenvalue weighted by molar-refractivity contribution is 6.08. The first kappa shape index (κ1) is 25.7. The van der Waals surface area contributed by atoms with E-state index in [4.69, 9.17) is 14.5 Å². The monoisotopic (exact) mass is 491 g/mol. The Morgan fingerprint density at radius 3 is 2.36 bits per heavy atom. The quantitative estimate of drug-likeness (QED) is 0.272. The van der Waals surface area contributed by atoms with Gasteiger partial charge in [0.1, 0.15) is 5.75 Å². The van der Waals surface area contributed by atoms with Crippen LogP contribution in [-0.2, 0) is 14.3 Å². The summed E-state index contributed by atoms with van der Waals surface area (Å²) < 4.78 is 13.4. The largest absolute Gasteiger partial charge is 0.494 e. The summed E-state index contributed by atoms with van der Waals surface area (Å²) in [5.41, 5.74) is 2.51. The van der Waals surface area contributed by atoms with E-state index in [0.717, 1.165) is 35.2 Å². The highest BCUT2D eigenvalue weighted by atomic mass is 16.5. The van der Waals surface area contributed by atoms with Crippen molar-refractivity contribution >= 4 is 28.9 Å². The van der Waals surface area contributed by atoms with Gasteiger partial charge in [-0.1, -0.05) is 52.0 Å². The molecule has 0 saturated heterocycles. The average Bonchev–Trinajstić information content (AvgIpc) is 3.22. The number of hydrogen-bond acceptors (Lipinski definition) is 5. The summed E-state index contributed by atoms with van der Waals surface area (Å²) in [5.74, 6) is 0.525. The Balaban J connectivity index is 1.81. The number of hydrogen-bond donors (Lipinski definition) is 0. The Hall–Kier alpha value is -3.35. The first-order valence-corrected chi connectivity index (χ1v) is 13.0. The number of amides is 1. The molecule has 0 bridgehead atoms. The molecule has 1 amide bonds. The number of anilines is 1. The van der Waals surface area contributed by atoms with Crippen molar-refractivity contribution in [3.63, 3.8) is 0 Å². The molecule has 0 aliphatic carbocycles. The van der Waals surface area contributed by atoms with E-state index in [2.05, 4.69) is 27.7 Å². The van der Waals surface area contributed by atoms with Crippen LogP contribution in [0, 0.1) is 17.8 Å². The number of carbonyl (C=O) groups is 2. The van der Waals surface area contributed by atoms with Gasteiger partial charge >= 0.3 is 5.97 Å². The molecule has 2 atom stereocenters. The average molecular weight is 492 g/mol. The Bertz CT molecular complexity index is 1200. The second-order valence-electron chi connectivity index (χ2n) is 10.2. The topological polar surface area (TPSA) is 73.7 Å². The van der Waals surface area contributed by atoms with E-state index < -0.39 is 17.9 Å². The maximum Gasteiger partial charge on any atom is 0.321 e. The molecule has 2 heterocycles. The van der Waals surface area contributed by atoms with Crippen molar-refractivity contribution in [1.29, 1.82) is 0 Å². The number of rotatable bonds is 10. The molecule has 36 heavy (non-hydrogen) atoms. The normalized spacial score (nSPS) is 17.6. The lowest BCUT2D eigenvalue weighted by molar-refractivity contribution is -0.153. The molecule has 0 radical (unpaired) electrons. The van der Waals surface area contributed by atoms with Crippen molar-refractivity contribution in [3.05, 3.63) is 54.1 Å². The standard InChI is InChI=1S/C29H37N3O4/c1-6-35-28(34)25-26(21-11-13-22(14-12-21)36-18-16-20(4)5)32-24-10-8-7-9-23(24)30-29(32)31(27(25)33)17-15-19(2)3/h7-14,19-20,25-26H,6,15-18H2,1-5H3/t25-,26-/m0/s1. The number of para-hydroxylation sites is 2. The van der Waals surface area contributed by atoms with Gasteiger partial charge in [0.25, 0.3) is 0 Å². The third-order valence-corrected chi connectivity index (χ3v) is 6.60. The second-order valence-corrected chi connectivity index (χ2v) is 10.2. The van der Waals surface area contributed by atoms with Gasteiger partial charge in [0.05, 0.1) is 30.3 Å². The van der Waals surface area contributed by atoms with Crippen molar-refractivity contribution in [2.24, 2.45) is 17.8 Å². The van der Waals surface area contributed by atoms with Gasteiger partial charge in [0.2, 0.25) is 11.9 Å². The van der Waals surface area contributed by atoms with Crippen LogP contribution < -0.4 is 9.64 Å². The molecule has 1 aliphatic heterocycles. The van der Waals surface area contributed by atoms with Crippen LogP contribution in [0.2, 0.25) is 0 Å².